The molecule has 2 rings (SSSR count). The third-order valence-electron chi connectivity index (χ3n) is 3.99. The zero-order valence-corrected chi connectivity index (χ0v) is 15.9. The van der Waals surface area contributed by atoms with E-state index in [1.165, 1.54) is 6.08 Å². The van der Waals surface area contributed by atoms with E-state index in [1.54, 1.807) is 24.3 Å². The number of aryl methyl sites for hydroxylation is 1. The molecular weight excluding hydrogens is 348 g/mol. The second kappa shape index (κ2) is 8.78. The van der Waals surface area contributed by atoms with Crippen LogP contribution < -0.4 is 5.32 Å². The lowest BCUT2D eigenvalue weighted by Crippen LogP contribution is -2.41. The van der Waals surface area contributed by atoms with Gasteiger partial charge in [0.15, 0.2) is 0 Å². The molecule has 6 heteroatoms. The maximum atomic E-state index is 12.8. The lowest BCUT2D eigenvalue weighted by atomic mass is 10.1. The zero-order chi connectivity index (χ0) is 19.2. The van der Waals surface area contributed by atoms with E-state index in [4.69, 9.17) is 0 Å². The third kappa shape index (κ3) is 5.03. The van der Waals surface area contributed by atoms with Crippen molar-refractivity contribution in [1.82, 2.24) is 9.62 Å². The maximum absolute atomic E-state index is 12.8. The zero-order valence-electron chi connectivity index (χ0n) is 15.1. The van der Waals surface area contributed by atoms with Crippen molar-refractivity contribution in [3.05, 3.63) is 78.4 Å². The standard InChI is InChI=1S/C20H24N2O3S/c1-4-14-22(26(24,25)19-12-10-16(2)11-13-19)15-20(23)21-17(3)18-8-6-5-7-9-18/h4-13,17H,1,14-15H2,2-3H3,(H,21,23). The van der Waals surface area contributed by atoms with E-state index in [0.29, 0.717) is 0 Å². The minimum atomic E-state index is -3.77. The van der Waals surface area contributed by atoms with Crippen molar-refractivity contribution in [2.75, 3.05) is 13.1 Å². The fraction of sp³-hybridized carbons (Fsp3) is 0.250. The van der Waals surface area contributed by atoms with Gasteiger partial charge in [-0.05, 0) is 31.5 Å². The van der Waals surface area contributed by atoms with Gasteiger partial charge >= 0.3 is 0 Å². The van der Waals surface area contributed by atoms with Crippen LogP contribution in [0.4, 0.5) is 0 Å². The minimum Gasteiger partial charge on any atom is -0.348 e. The average Bonchev–Trinajstić information content (AvgIpc) is 2.62. The predicted molar refractivity (Wildman–Crippen MR) is 103 cm³/mol. The van der Waals surface area contributed by atoms with Crippen LogP contribution in [0.1, 0.15) is 24.1 Å². The highest BCUT2D eigenvalue weighted by Crippen LogP contribution is 2.17. The van der Waals surface area contributed by atoms with Gasteiger partial charge in [-0.25, -0.2) is 8.42 Å². The molecule has 0 heterocycles. The molecular formula is C20H24N2O3S. The molecule has 0 radical (unpaired) electrons. The molecule has 0 bridgehead atoms. The Hall–Kier alpha value is -2.44. The molecule has 0 aliphatic carbocycles. The molecule has 0 aliphatic rings. The minimum absolute atomic E-state index is 0.0589. The quantitative estimate of drug-likeness (QED) is 0.724. The highest BCUT2D eigenvalue weighted by atomic mass is 32.2. The predicted octanol–water partition coefficient (Wildman–Crippen LogP) is 3.05. The van der Waals surface area contributed by atoms with Crippen molar-refractivity contribution in [3.63, 3.8) is 0 Å². The summed E-state index contributed by atoms with van der Waals surface area (Å²) in [5, 5.41) is 2.84. The Morgan fingerprint density at radius 1 is 1.15 bits per heavy atom. The van der Waals surface area contributed by atoms with Gasteiger partial charge in [0.1, 0.15) is 0 Å². The van der Waals surface area contributed by atoms with Crippen molar-refractivity contribution >= 4 is 15.9 Å². The van der Waals surface area contributed by atoms with E-state index in [1.807, 2.05) is 44.2 Å². The average molecular weight is 372 g/mol. The fourth-order valence-electron chi connectivity index (χ4n) is 2.52. The lowest BCUT2D eigenvalue weighted by molar-refractivity contribution is -0.121. The highest BCUT2D eigenvalue weighted by molar-refractivity contribution is 7.89. The van der Waals surface area contributed by atoms with Crippen LogP contribution in [0, 0.1) is 6.92 Å². The Morgan fingerprint density at radius 2 is 1.77 bits per heavy atom. The van der Waals surface area contributed by atoms with Crippen molar-refractivity contribution in [2.24, 2.45) is 0 Å². The molecule has 2 aromatic carbocycles. The number of sulfonamides is 1. The lowest BCUT2D eigenvalue weighted by Gasteiger charge is -2.22. The summed E-state index contributed by atoms with van der Waals surface area (Å²) in [4.78, 5) is 12.6. The summed E-state index contributed by atoms with van der Waals surface area (Å²) in [7, 11) is -3.77. The molecule has 26 heavy (non-hydrogen) atoms. The topological polar surface area (TPSA) is 66.5 Å². The summed E-state index contributed by atoms with van der Waals surface area (Å²) in [6.45, 7) is 7.14. The molecule has 5 nitrogen and oxygen atoms in total. The maximum Gasteiger partial charge on any atom is 0.243 e. The summed E-state index contributed by atoms with van der Waals surface area (Å²) in [6, 6.07) is 15.9. The first kappa shape index (κ1) is 19.9. The SMILES string of the molecule is C=CCN(CC(=O)NC(C)c1ccccc1)S(=O)(=O)c1ccc(C)cc1. The van der Waals surface area contributed by atoms with Gasteiger partial charge in [0.2, 0.25) is 15.9 Å². The van der Waals surface area contributed by atoms with Crippen LogP contribution in [-0.4, -0.2) is 31.7 Å². The molecule has 1 amide bonds. The number of nitrogens with one attached hydrogen (secondary N) is 1. The number of amides is 1. The second-order valence-corrected chi connectivity index (χ2v) is 8.04. The first-order valence-electron chi connectivity index (χ1n) is 8.36. The van der Waals surface area contributed by atoms with Crippen molar-refractivity contribution < 1.29 is 13.2 Å². The van der Waals surface area contributed by atoms with E-state index in [-0.39, 0.29) is 29.9 Å². The molecule has 0 saturated carbocycles. The van der Waals surface area contributed by atoms with Crippen LogP contribution in [0.15, 0.2) is 72.1 Å². The van der Waals surface area contributed by atoms with Crippen molar-refractivity contribution in [2.45, 2.75) is 24.8 Å². The van der Waals surface area contributed by atoms with E-state index in [0.717, 1.165) is 15.4 Å². The van der Waals surface area contributed by atoms with E-state index in [9.17, 15) is 13.2 Å². The molecule has 2 aromatic rings. The van der Waals surface area contributed by atoms with Crippen LogP contribution in [0.2, 0.25) is 0 Å². The molecule has 138 valence electrons. The summed E-state index contributed by atoms with van der Waals surface area (Å²) in [5.41, 5.74) is 1.92. The van der Waals surface area contributed by atoms with Crippen LogP contribution in [-0.2, 0) is 14.8 Å². The smallest absolute Gasteiger partial charge is 0.243 e. The largest absolute Gasteiger partial charge is 0.348 e. The number of benzene rings is 2. The van der Waals surface area contributed by atoms with Gasteiger partial charge in [0.05, 0.1) is 17.5 Å². The monoisotopic (exact) mass is 372 g/mol. The van der Waals surface area contributed by atoms with Crippen LogP contribution in [0.5, 0.6) is 0 Å². The summed E-state index contributed by atoms with van der Waals surface area (Å²) < 4.78 is 26.8. The van der Waals surface area contributed by atoms with Gasteiger partial charge in [-0.2, -0.15) is 4.31 Å². The molecule has 1 atom stereocenters. The number of nitrogens with zero attached hydrogens (tertiary/aromatic N) is 1. The first-order chi connectivity index (χ1) is 12.3. The third-order valence-corrected chi connectivity index (χ3v) is 5.81. The fourth-order valence-corrected chi connectivity index (χ4v) is 3.89. The van der Waals surface area contributed by atoms with Crippen LogP contribution in [0.25, 0.3) is 0 Å². The Morgan fingerprint density at radius 3 is 2.35 bits per heavy atom. The second-order valence-electron chi connectivity index (χ2n) is 6.10. The molecule has 1 unspecified atom stereocenters. The van der Waals surface area contributed by atoms with Crippen LogP contribution >= 0.6 is 0 Å². The normalized spacial score (nSPS) is 12.6. The number of carbonyl (C=O) groups is 1. The van der Waals surface area contributed by atoms with Crippen molar-refractivity contribution in [3.8, 4) is 0 Å². The van der Waals surface area contributed by atoms with E-state index < -0.39 is 10.0 Å². The number of rotatable bonds is 8. The van der Waals surface area contributed by atoms with Crippen molar-refractivity contribution in [1.29, 1.82) is 0 Å². The molecule has 1 N–H and O–H groups in total. The van der Waals surface area contributed by atoms with Crippen LogP contribution in [0.3, 0.4) is 0 Å². The Balaban J connectivity index is 2.13. The summed E-state index contributed by atoms with van der Waals surface area (Å²) in [5.74, 6) is -0.362. The van der Waals surface area contributed by atoms with Gasteiger partial charge in [-0.3, -0.25) is 4.79 Å². The molecule has 0 aromatic heterocycles. The Kier molecular flexibility index (Phi) is 6.71. The Bertz CT molecular complexity index is 846. The van der Waals surface area contributed by atoms with Gasteiger partial charge in [-0.15, -0.1) is 6.58 Å². The summed E-state index contributed by atoms with van der Waals surface area (Å²) in [6.07, 6.45) is 1.47. The van der Waals surface area contributed by atoms with E-state index in [2.05, 4.69) is 11.9 Å². The van der Waals surface area contributed by atoms with Gasteiger partial charge in [-0.1, -0.05) is 54.1 Å². The molecule has 0 saturated heterocycles. The summed E-state index contributed by atoms with van der Waals surface area (Å²) >= 11 is 0. The molecule has 0 fully saturated rings. The van der Waals surface area contributed by atoms with Gasteiger partial charge < -0.3 is 5.32 Å². The molecule has 0 spiro atoms. The number of hydrogen-bond acceptors (Lipinski definition) is 3. The highest BCUT2D eigenvalue weighted by Gasteiger charge is 2.26. The van der Waals surface area contributed by atoms with Gasteiger partial charge in [0, 0.05) is 6.54 Å². The van der Waals surface area contributed by atoms with E-state index >= 15 is 0 Å². The molecule has 0 aliphatic heterocycles. The Labute approximate surface area is 155 Å². The van der Waals surface area contributed by atoms with Gasteiger partial charge in [0.25, 0.3) is 0 Å². The first-order valence-corrected chi connectivity index (χ1v) is 9.80. The number of carbonyl (C=O) groups excluding carboxylic acids is 1. The number of hydrogen-bond donors (Lipinski definition) is 1.